The standard InChI is InChI=1S/C12H11BrF5NOS/c1-11(2,3)21(20)19-5-6-9(14)7(12(16,17)18)4-8(13)10(6)15/h4-5H,1-3H3/b19-5+/t21-/m1/s1. The highest BCUT2D eigenvalue weighted by molar-refractivity contribution is 9.10. The van der Waals surface area contributed by atoms with Crippen LogP contribution < -0.4 is 0 Å². The largest absolute Gasteiger partial charge is 0.419 e. The number of rotatable bonds is 2. The molecule has 1 rings (SSSR count). The lowest BCUT2D eigenvalue weighted by Gasteiger charge is -2.14. The second kappa shape index (κ2) is 6.12. The highest BCUT2D eigenvalue weighted by Gasteiger charge is 2.36. The summed E-state index contributed by atoms with van der Waals surface area (Å²) in [5.74, 6) is -3.03. The predicted octanol–water partition coefficient (Wildman–Crippen LogP) is 4.63. The summed E-state index contributed by atoms with van der Waals surface area (Å²) in [5, 5.41) is 0. The van der Waals surface area contributed by atoms with Gasteiger partial charge in [0.05, 0.1) is 26.6 Å². The second-order valence-electron chi connectivity index (χ2n) is 5.04. The molecule has 0 bridgehead atoms. The van der Waals surface area contributed by atoms with Gasteiger partial charge in [0, 0.05) is 0 Å². The van der Waals surface area contributed by atoms with E-state index < -0.39 is 49.1 Å². The molecule has 0 unspecified atom stereocenters. The fourth-order valence-electron chi connectivity index (χ4n) is 1.20. The minimum atomic E-state index is -4.98. The maximum Gasteiger partial charge on any atom is 0.419 e. The highest BCUT2D eigenvalue weighted by atomic mass is 79.9. The van der Waals surface area contributed by atoms with E-state index in [0.717, 1.165) is 0 Å². The van der Waals surface area contributed by atoms with Crippen molar-refractivity contribution in [3.63, 3.8) is 0 Å². The summed E-state index contributed by atoms with van der Waals surface area (Å²) in [7, 11) is -1.85. The van der Waals surface area contributed by atoms with Gasteiger partial charge in [0.1, 0.15) is 22.6 Å². The molecule has 21 heavy (non-hydrogen) atoms. The summed E-state index contributed by atoms with van der Waals surface area (Å²) in [6.07, 6.45) is -4.46. The van der Waals surface area contributed by atoms with Crippen LogP contribution in [0.2, 0.25) is 0 Å². The Kier molecular flexibility index (Phi) is 5.31. The molecular formula is C12H11BrF5NOS. The zero-order valence-corrected chi connectivity index (χ0v) is 13.6. The quantitative estimate of drug-likeness (QED) is 0.410. The van der Waals surface area contributed by atoms with Gasteiger partial charge in [-0.15, -0.1) is 0 Å². The second-order valence-corrected chi connectivity index (χ2v) is 7.83. The van der Waals surface area contributed by atoms with Crippen molar-refractivity contribution in [1.29, 1.82) is 0 Å². The third-order valence-corrected chi connectivity index (χ3v) is 4.22. The van der Waals surface area contributed by atoms with Gasteiger partial charge in [-0.3, -0.25) is 0 Å². The number of halogens is 6. The van der Waals surface area contributed by atoms with Gasteiger partial charge in [0.15, 0.2) is 0 Å². The summed E-state index contributed by atoms with van der Waals surface area (Å²) < 4.78 is 79.2. The van der Waals surface area contributed by atoms with Crippen molar-refractivity contribution in [2.75, 3.05) is 0 Å². The third-order valence-electron chi connectivity index (χ3n) is 2.30. The number of alkyl halides is 3. The topological polar surface area (TPSA) is 29.4 Å². The number of hydrogen-bond donors (Lipinski definition) is 0. The van der Waals surface area contributed by atoms with Crippen LogP contribution in [0.5, 0.6) is 0 Å². The Hall–Kier alpha value is -0.830. The summed E-state index contributed by atoms with van der Waals surface area (Å²) in [4.78, 5) is 0. The molecule has 0 heterocycles. The molecule has 0 spiro atoms. The Morgan fingerprint density at radius 1 is 1.19 bits per heavy atom. The maximum absolute atomic E-state index is 13.8. The molecule has 0 N–H and O–H groups in total. The minimum Gasteiger partial charge on any atom is -0.234 e. The third kappa shape index (κ3) is 4.32. The lowest BCUT2D eigenvalue weighted by Crippen LogP contribution is -2.20. The molecule has 0 saturated heterocycles. The van der Waals surface area contributed by atoms with Crippen molar-refractivity contribution in [2.45, 2.75) is 31.7 Å². The van der Waals surface area contributed by atoms with Gasteiger partial charge in [-0.25, -0.2) is 13.0 Å². The average Bonchev–Trinajstić information content (AvgIpc) is 2.30. The lowest BCUT2D eigenvalue weighted by atomic mass is 10.1. The van der Waals surface area contributed by atoms with E-state index in [1.165, 1.54) is 0 Å². The Bertz CT molecular complexity index is 607. The predicted molar refractivity (Wildman–Crippen MR) is 74.5 cm³/mol. The fraction of sp³-hybridized carbons (Fsp3) is 0.417. The van der Waals surface area contributed by atoms with E-state index in [2.05, 4.69) is 20.3 Å². The number of nitrogens with zero attached hydrogens (tertiary/aromatic N) is 1. The van der Waals surface area contributed by atoms with Crippen molar-refractivity contribution in [3.05, 3.63) is 33.3 Å². The molecule has 0 aliphatic heterocycles. The van der Waals surface area contributed by atoms with Crippen LogP contribution >= 0.6 is 15.9 Å². The van der Waals surface area contributed by atoms with Crippen molar-refractivity contribution in [3.8, 4) is 0 Å². The molecule has 1 aromatic rings. The molecule has 0 aliphatic carbocycles. The molecule has 0 radical (unpaired) electrons. The van der Waals surface area contributed by atoms with E-state index in [9.17, 15) is 26.2 Å². The van der Waals surface area contributed by atoms with Gasteiger partial charge < -0.3 is 0 Å². The van der Waals surface area contributed by atoms with Gasteiger partial charge in [-0.2, -0.15) is 17.6 Å². The van der Waals surface area contributed by atoms with Crippen LogP contribution in [-0.4, -0.2) is 15.2 Å². The van der Waals surface area contributed by atoms with Gasteiger partial charge in [0.2, 0.25) is 0 Å². The van der Waals surface area contributed by atoms with E-state index in [1.807, 2.05) is 0 Å². The maximum atomic E-state index is 13.8. The molecular weight excluding hydrogens is 381 g/mol. The van der Waals surface area contributed by atoms with Crippen LogP contribution in [0.3, 0.4) is 0 Å². The molecule has 1 aromatic carbocycles. The molecule has 1 atom stereocenters. The monoisotopic (exact) mass is 391 g/mol. The summed E-state index contributed by atoms with van der Waals surface area (Å²) in [6.45, 7) is 4.69. The molecule has 0 fully saturated rings. The van der Waals surface area contributed by atoms with Gasteiger partial charge in [-0.05, 0) is 42.8 Å². The number of hydrogen-bond acceptors (Lipinski definition) is 1. The van der Waals surface area contributed by atoms with E-state index in [1.54, 1.807) is 20.8 Å². The van der Waals surface area contributed by atoms with E-state index in [-0.39, 0.29) is 0 Å². The van der Waals surface area contributed by atoms with E-state index in [0.29, 0.717) is 12.3 Å². The smallest absolute Gasteiger partial charge is 0.234 e. The van der Waals surface area contributed by atoms with Crippen molar-refractivity contribution in [2.24, 2.45) is 4.40 Å². The van der Waals surface area contributed by atoms with E-state index >= 15 is 0 Å². The van der Waals surface area contributed by atoms with Gasteiger partial charge in [0.25, 0.3) is 0 Å². The van der Waals surface area contributed by atoms with Gasteiger partial charge in [-0.1, -0.05) is 0 Å². The Morgan fingerprint density at radius 3 is 2.14 bits per heavy atom. The normalized spacial score (nSPS) is 14.7. The average molecular weight is 392 g/mol. The van der Waals surface area contributed by atoms with Crippen LogP contribution in [0, 0.1) is 11.6 Å². The Balaban J connectivity index is 3.40. The molecule has 0 saturated carbocycles. The zero-order valence-electron chi connectivity index (χ0n) is 11.2. The molecule has 0 amide bonds. The van der Waals surface area contributed by atoms with Crippen LogP contribution in [0.1, 0.15) is 31.9 Å². The van der Waals surface area contributed by atoms with Gasteiger partial charge >= 0.3 is 6.18 Å². The molecule has 118 valence electrons. The molecule has 0 aliphatic rings. The highest BCUT2D eigenvalue weighted by Crippen LogP contribution is 2.35. The first-order valence-electron chi connectivity index (χ1n) is 5.56. The molecule has 0 aromatic heterocycles. The van der Waals surface area contributed by atoms with E-state index in [4.69, 9.17) is 0 Å². The fourth-order valence-corrected chi connectivity index (χ4v) is 2.16. The first-order valence-corrected chi connectivity index (χ1v) is 7.46. The van der Waals surface area contributed by atoms with Crippen molar-refractivity contribution in [1.82, 2.24) is 0 Å². The van der Waals surface area contributed by atoms with Crippen molar-refractivity contribution < 1.29 is 26.2 Å². The Morgan fingerprint density at radius 2 is 1.71 bits per heavy atom. The van der Waals surface area contributed by atoms with Crippen LogP contribution in [0.4, 0.5) is 22.0 Å². The first-order chi connectivity index (χ1) is 9.35. The zero-order chi connectivity index (χ0) is 16.6. The van der Waals surface area contributed by atoms with Crippen LogP contribution in [0.15, 0.2) is 14.9 Å². The number of benzene rings is 1. The molecule has 9 heteroatoms. The first kappa shape index (κ1) is 18.2. The summed E-state index contributed by atoms with van der Waals surface area (Å²) >= 11 is 2.59. The van der Waals surface area contributed by atoms with Crippen molar-refractivity contribution >= 4 is 33.1 Å². The Labute approximate surface area is 129 Å². The molecule has 2 nitrogen and oxygen atoms in total. The minimum absolute atomic E-state index is 0.308. The van der Waals surface area contributed by atoms with Crippen LogP contribution in [-0.2, 0) is 17.2 Å². The summed E-state index contributed by atoms with van der Waals surface area (Å²) in [5.41, 5.74) is -2.62. The SMILES string of the molecule is CC(C)(C)[S@@](=O)/N=C/c1c(F)c(Br)cc(C(F)(F)F)c1F. The summed E-state index contributed by atoms with van der Waals surface area (Å²) in [6, 6.07) is 0.308. The lowest BCUT2D eigenvalue weighted by molar-refractivity contribution is -0.140. The van der Waals surface area contributed by atoms with Crippen LogP contribution in [0.25, 0.3) is 0 Å².